The number of rotatable bonds is 8. The smallest absolute Gasteiger partial charge is 0.273 e. The number of amides is 1. The molecule has 9 heteroatoms. The minimum Gasteiger partial charge on any atom is -0.481 e. The van der Waals surface area contributed by atoms with Crippen molar-refractivity contribution in [2.75, 3.05) is 27.4 Å². The number of ether oxygens (including phenoxy) is 2. The summed E-state index contributed by atoms with van der Waals surface area (Å²) in [4.78, 5) is 33.3. The first-order chi connectivity index (χ1) is 14.5. The first-order valence-corrected chi connectivity index (χ1v) is 9.60. The largest absolute Gasteiger partial charge is 0.481 e. The van der Waals surface area contributed by atoms with Crippen LogP contribution in [0.5, 0.6) is 5.88 Å². The first-order valence-electron chi connectivity index (χ1n) is 9.60. The Bertz CT molecular complexity index is 1100. The Morgan fingerprint density at radius 1 is 1.27 bits per heavy atom. The van der Waals surface area contributed by atoms with Crippen LogP contribution in [0.3, 0.4) is 0 Å². The van der Waals surface area contributed by atoms with Crippen molar-refractivity contribution < 1.29 is 14.3 Å². The third-order valence-electron chi connectivity index (χ3n) is 5.25. The second kappa shape index (κ2) is 8.11. The Labute approximate surface area is 173 Å². The Morgan fingerprint density at radius 3 is 2.77 bits per heavy atom. The van der Waals surface area contributed by atoms with E-state index in [9.17, 15) is 9.59 Å². The lowest BCUT2D eigenvalue weighted by Gasteiger charge is -2.14. The van der Waals surface area contributed by atoms with E-state index in [0.29, 0.717) is 41.7 Å². The van der Waals surface area contributed by atoms with Crippen molar-refractivity contribution in [1.82, 2.24) is 25.1 Å². The van der Waals surface area contributed by atoms with Crippen LogP contribution in [0.2, 0.25) is 0 Å². The van der Waals surface area contributed by atoms with E-state index < -0.39 is 0 Å². The lowest BCUT2D eigenvalue weighted by Crippen LogP contribution is -2.32. The van der Waals surface area contributed by atoms with E-state index in [4.69, 9.17) is 9.47 Å². The normalized spacial score (nSPS) is 14.3. The number of nitrogens with one attached hydrogen (secondary N) is 2. The number of hydrogen-bond donors (Lipinski definition) is 2. The van der Waals surface area contributed by atoms with Crippen molar-refractivity contribution in [2.45, 2.75) is 12.8 Å². The zero-order chi connectivity index (χ0) is 21.1. The quantitative estimate of drug-likeness (QED) is 0.587. The number of nitrogens with zero attached hydrogens (tertiary/aromatic N) is 3. The van der Waals surface area contributed by atoms with E-state index in [1.165, 1.54) is 24.1 Å². The van der Waals surface area contributed by atoms with Gasteiger partial charge in [0.25, 0.3) is 11.5 Å². The summed E-state index contributed by atoms with van der Waals surface area (Å²) in [5, 5.41) is 5.95. The Hall–Kier alpha value is -3.46. The molecule has 30 heavy (non-hydrogen) atoms. The van der Waals surface area contributed by atoms with Crippen molar-refractivity contribution in [3.05, 3.63) is 58.6 Å². The summed E-state index contributed by atoms with van der Waals surface area (Å²) in [6.07, 6.45) is 5.18. The van der Waals surface area contributed by atoms with Gasteiger partial charge in [-0.3, -0.25) is 14.7 Å². The van der Waals surface area contributed by atoms with E-state index in [1.54, 1.807) is 37.6 Å². The highest BCUT2D eigenvalue weighted by Gasteiger charge is 2.42. The summed E-state index contributed by atoms with van der Waals surface area (Å²) < 4.78 is 11.8. The average molecular weight is 409 g/mol. The summed E-state index contributed by atoms with van der Waals surface area (Å²) in [5.41, 5.74) is 1.44. The molecule has 3 aromatic rings. The van der Waals surface area contributed by atoms with Crippen molar-refractivity contribution >= 4 is 5.91 Å². The Morgan fingerprint density at radius 2 is 2.10 bits per heavy atom. The Balaban J connectivity index is 1.50. The molecule has 0 aliphatic heterocycles. The highest BCUT2D eigenvalue weighted by molar-refractivity contribution is 5.94. The highest BCUT2D eigenvalue weighted by atomic mass is 16.5. The number of methoxy groups -OCH3 is 2. The second-order valence-electron chi connectivity index (χ2n) is 7.42. The number of hydrogen-bond acceptors (Lipinski definition) is 6. The molecular weight excluding hydrogens is 386 g/mol. The van der Waals surface area contributed by atoms with Gasteiger partial charge in [-0.1, -0.05) is 0 Å². The summed E-state index contributed by atoms with van der Waals surface area (Å²) in [6, 6.07) is 8.28. The van der Waals surface area contributed by atoms with E-state index in [-0.39, 0.29) is 16.9 Å². The maximum absolute atomic E-state index is 12.5. The zero-order valence-corrected chi connectivity index (χ0v) is 16.8. The van der Waals surface area contributed by atoms with Crippen LogP contribution in [0.25, 0.3) is 17.1 Å². The lowest BCUT2D eigenvalue weighted by atomic mass is 10.1. The van der Waals surface area contributed by atoms with Crippen molar-refractivity contribution in [3.8, 4) is 23.0 Å². The van der Waals surface area contributed by atoms with Gasteiger partial charge in [0.2, 0.25) is 5.88 Å². The molecule has 0 atom stereocenters. The summed E-state index contributed by atoms with van der Waals surface area (Å²) in [5.74, 6) is 0.590. The number of aromatic amines is 1. The van der Waals surface area contributed by atoms with Gasteiger partial charge in [0.1, 0.15) is 0 Å². The molecule has 2 N–H and O–H groups in total. The molecule has 0 saturated heterocycles. The van der Waals surface area contributed by atoms with E-state index >= 15 is 0 Å². The maximum atomic E-state index is 12.5. The molecule has 0 bridgehead atoms. The fourth-order valence-electron chi connectivity index (χ4n) is 3.34. The molecule has 1 fully saturated rings. The predicted molar refractivity (Wildman–Crippen MR) is 110 cm³/mol. The predicted octanol–water partition coefficient (Wildman–Crippen LogP) is 1.79. The molecule has 0 spiro atoms. The number of aromatic nitrogens is 4. The molecule has 1 aliphatic carbocycles. The van der Waals surface area contributed by atoms with Gasteiger partial charge in [0, 0.05) is 37.5 Å². The molecule has 1 aliphatic rings. The molecular formula is C21H23N5O4. The molecule has 9 nitrogen and oxygen atoms in total. The van der Waals surface area contributed by atoms with Crippen LogP contribution in [0.4, 0.5) is 0 Å². The monoisotopic (exact) mass is 409 g/mol. The number of H-pyrrole nitrogens is 1. The number of carbonyl (C=O) groups excluding carboxylic acids is 1. The van der Waals surface area contributed by atoms with Gasteiger partial charge in [-0.2, -0.15) is 0 Å². The Kier molecular flexibility index (Phi) is 5.37. The van der Waals surface area contributed by atoms with Crippen molar-refractivity contribution in [3.63, 3.8) is 0 Å². The highest BCUT2D eigenvalue weighted by Crippen LogP contribution is 2.45. The molecule has 4 rings (SSSR count). The second-order valence-corrected chi connectivity index (χ2v) is 7.42. The molecule has 0 radical (unpaired) electrons. The van der Waals surface area contributed by atoms with Crippen LogP contribution in [0, 0.1) is 5.41 Å². The molecule has 1 amide bonds. The van der Waals surface area contributed by atoms with Crippen molar-refractivity contribution in [1.29, 1.82) is 0 Å². The third-order valence-corrected chi connectivity index (χ3v) is 5.25. The standard InChI is InChI=1S/C21H23N5O4/c1-29-13-21(7-8-21)12-24-19(28)14-5-6-17(23-11-14)26-18(27)10-16(25-26)15-4-3-9-22-20(15)30-2/h3-6,9-11,25H,7-8,12-13H2,1-2H3,(H,24,28). The number of carbonyl (C=O) groups is 1. The lowest BCUT2D eigenvalue weighted by molar-refractivity contribution is 0.0919. The molecule has 3 aromatic heterocycles. The van der Waals surface area contributed by atoms with Gasteiger partial charge in [0.05, 0.1) is 30.5 Å². The number of pyridine rings is 2. The zero-order valence-electron chi connectivity index (χ0n) is 16.8. The SMILES string of the molecule is COCC1(CNC(=O)c2ccc(-n3[nH]c(-c4cccnc4OC)cc3=O)nc2)CC1. The summed E-state index contributed by atoms with van der Waals surface area (Å²) in [7, 11) is 3.19. The molecule has 0 aromatic carbocycles. The van der Waals surface area contributed by atoms with Crippen LogP contribution in [0.1, 0.15) is 23.2 Å². The van der Waals surface area contributed by atoms with E-state index in [2.05, 4.69) is 20.4 Å². The van der Waals surface area contributed by atoms with Crippen LogP contribution >= 0.6 is 0 Å². The first kappa shape index (κ1) is 19.8. The molecule has 3 heterocycles. The van der Waals surface area contributed by atoms with Crippen molar-refractivity contribution in [2.24, 2.45) is 5.41 Å². The van der Waals surface area contributed by atoms with Gasteiger partial charge < -0.3 is 14.8 Å². The van der Waals surface area contributed by atoms with Crippen LogP contribution in [-0.4, -0.2) is 53.0 Å². The van der Waals surface area contributed by atoms with Crippen LogP contribution < -0.4 is 15.6 Å². The summed E-state index contributed by atoms with van der Waals surface area (Å²) in [6.45, 7) is 1.22. The molecule has 1 saturated carbocycles. The fraction of sp³-hybridized carbons (Fsp3) is 0.333. The topological polar surface area (TPSA) is 111 Å². The van der Waals surface area contributed by atoms with Crippen LogP contribution in [0.15, 0.2) is 47.5 Å². The van der Waals surface area contributed by atoms with Crippen LogP contribution in [-0.2, 0) is 4.74 Å². The minimum absolute atomic E-state index is 0.0685. The van der Waals surface area contributed by atoms with E-state index in [1.807, 2.05) is 0 Å². The van der Waals surface area contributed by atoms with Gasteiger partial charge in [-0.25, -0.2) is 14.6 Å². The average Bonchev–Trinajstić information content (AvgIpc) is 3.44. The van der Waals surface area contributed by atoms with Gasteiger partial charge >= 0.3 is 0 Å². The molecule has 156 valence electrons. The fourth-order valence-corrected chi connectivity index (χ4v) is 3.34. The van der Waals surface area contributed by atoms with E-state index in [0.717, 1.165) is 12.8 Å². The van der Waals surface area contributed by atoms with Gasteiger partial charge in [0.15, 0.2) is 5.82 Å². The summed E-state index contributed by atoms with van der Waals surface area (Å²) >= 11 is 0. The maximum Gasteiger partial charge on any atom is 0.273 e. The molecule has 0 unspecified atom stereocenters. The van der Waals surface area contributed by atoms with Gasteiger partial charge in [-0.05, 0) is 37.1 Å². The minimum atomic E-state index is -0.282. The van der Waals surface area contributed by atoms with Gasteiger partial charge in [-0.15, -0.1) is 0 Å². The third kappa shape index (κ3) is 3.97.